The van der Waals surface area contributed by atoms with Gasteiger partial charge in [0.1, 0.15) is 5.69 Å². The van der Waals surface area contributed by atoms with Gasteiger partial charge in [-0.2, -0.15) is 5.10 Å². The second-order valence-corrected chi connectivity index (χ2v) is 3.76. The van der Waals surface area contributed by atoms with Crippen molar-refractivity contribution in [3.63, 3.8) is 0 Å². The van der Waals surface area contributed by atoms with Crippen molar-refractivity contribution in [3.05, 3.63) is 54.9 Å². The van der Waals surface area contributed by atoms with E-state index in [4.69, 9.17) is 5.11 Å². The summed E-state index contributed by atoms with van der Waals surface area (Å²) in [7, 11) is 1.75. The number of rotatable bonds is 2. The van der Waals surface area contributed by atoms with Gasteiger partial charge in [0.2, 0.25) is 0 Å². The molecule has 3 heterocycles. The fraction of sp³-hybridized carbons (Fsp3) is 0.0769. The Morgan fingerprint density at radius 3 is 2.50 bits per heavy atom. The topological polar surface area (TPSA) is 107 Å². The van der Waals surface area contributed by atoms with Gasteiger partial charge in [-0.3, -0.25) is 4.98 Å². The Balaban J connectivity index is 0.000000219. The van der Waals surface area contributed by atoms with Crippen LogP contribution >= 0.6 is 0 Å². The minimum absolute atomic E-state index is 0. The van der Waals surface area contributed by atoms with Crippen LogP contribution in [0.2, 0.25) is 0 Å². The molecule has 3 aromatic heterocycles. The van der Waals surface area contributed by atoms with Crippen molar-refractivity contribution in [2.24, 2.45) is 7.05 Å². The molecular formula is C13H11IrN6O2-. The molecule has 0 saturated heterocycles. The molecular weight excluding hydrogens is 464 g/mol. The zero-order valence-corrected chi connectivity index (χ0v) is 13.8. The molecule has 0 aliphatic heterocycles. The number of hydrogen-bond donors (Lipinski definition) is 1. The number of hydrogen-bond acceptors (Lipinski definition) is 6. The minimum atomic E-state index is -0.990. The first-order valence-electron chi connectivity index (χ1n) is 5.86. The molecule has 3 rings (SSSR count). The normalized spacial score (nSPS) is 9.14. The largest absolute Gasteiger partial charge is 0.477 e. The Morgan fingerprint density at radius 1 is 1.23 bits per heavy atom. The molecule has 0 aliphatic carbocycles. The molecule has 9 heteroatoms. The van der Waals surface area contributed by atoms with E-state index in [1.54, 1.807) is 37.8 Å². The van der Waals surface area contributed by atoms with E-state index in [2.05, 4.69) is 31.3 Å². The first kappa shape index (κ1) is 17.5. The number of aromatic nitrogens is 6. The number of carboxylic acid groups (broad SMARTS) is 1. The molecule has 1 radical (unpaired) electrons. The summed E-state index contributed by atoms with van der Waals surface area (Å²) in [6.07, 6.45) is 8.96. The summed E-state index contributed by atoms with van der Waals surface area (Å²) in [5, 5.41) is 16.3. The zero-order chi connectivity index (χ0) is 15.1. The fourth-order valence-electron chi connectivity index (χ4n) is 1.34. The summed E-state index contributed by atoms with van der Waals surface area (Å²) < 4.78 is 0. The quantitative estimate of drug-likeness (QED) is 0.548. The van der Waals surface area contributed by atoms with Gasteiger partial charge in [0, 0.05) is 45.2 Å². The minimum Gasteiger partial charge on any atom is -0.477 e. The number of carboxylic acids is 1. The molecule has 0 aliphatic rings. The SMILES string of the molecule is Cn1ncc(-c2[c-]nccn2)n1.O=C(O)c1ccccn1.[Ir]. The van der Waals surface area contributed by atoms with E-state index >= 15 is 0 Å². The van der Waals surface area contributed by atoms with E-state index in [1.165, 1.54) is 17.1 Å². The van der Waals surface area contributed by atoms with Crippen LogP contribution in [0.25, 0.3) is 11.4 Å². The van der Waals surface area contributed by atoms with Gasteiger partial charge >= 0.3 is 5.97 Å². The summed E-state index contributed by atoms with van der Waals surface area (Å²) in [4.78, 5) is 23.0. The van der Waals surface area contributed by atoms with E-state index < -0.39 is 5.97 Å². The average molecular weight is 475 g/mol. The third-order valence-corrected chi connectivity index (χ3v) is 2.24. The van der Waals surface area contributed by atoms with Crippen LogP contribution in [0, 0.1) is 6.20 Å². The average Bonchev–Trinajstić information content (AvgIpc) is 2.96. The van der Waals surface area contributed by atoms with Crippen molar-refractivity contribution in [1.82, 2.24) is 29.9 Å². The summed E-state index contributed by atoms with van der Waals surface area (Å²) in [6, 6.07) is 4.76. The van der Waals surface area contributed by atoms with Gasteiger partial charge in [-0.25, -0.2) is 19.7 Å². The maximum atomic E-state index is 10.1. The predicted molar refractivity (Wildman–Crippen MR) is 72.1 cm³/mol. The van der Waals surface area contributed by atoms with E-state index in [-0.39, 0.29) is 25.8 Å². The monoisotopic (exact) mass is 476 g/mol. The van der Waals surface area contributed by atoms with Crippen molar-refractivity contribution in [2.75, 3.05) is 0 Å². The van der Waals surface area contributed by atoms with E-state index in [0.29, 0.717) is 11.4 Å². The van der Waals surface area contributed by atoms with Crippen molar-refractivity contribution < 1.29 is 30.0 Å². The molecule has 22 heavy (non-hydrogen) atoms. The first-order chi connectivity index (χ1) is 10.2. The van der Waals surface area contributed by atoms with Crippen molar-refractivity contribution in [2.45, 2.75) is 0 Å². The molecule has 0 atom stereocenters. The number of aromatic carboxylic acids is 1. The Hall–Kier alpha value is -2.51. The Labute approximate surface area is 139 Å². The number of nitrogens with zero attached hydrogens (tertiary/aromatic N) is 6. The number of pyridine rings is 1. The van der Waals surface area contributed by atoms with Crippen LogP contribution in [0.1, 0.15) is 10.5 Å². The van der Waals surface area contributed by atoms with Crippen molar-refractivity contribution in [3.8, 4) is 11.4 Å². The van der Waals surface area contributed by atoms with Gasteiger partial charge in [0.15, 0.2) is 0 Å². The van der Waals surface area contributed by atoms with Crippen LogP contribution in [-0.4, -0.2) is 41.0 Å². The van der Waals surface area contributed by atoms with E-state index in [1.807, 2.05) is 0 Å². The van der Waals surface area contributed by atoms with Crippen LogP contribution in [-0.2, 0) is 27.2 Å². The molecule has 0 unspecified atom stereocenters. The van der Waals surface area contributed by atoms with Gasteiger partial charge in [-0.15, -0.1) is 0 Å². The van der Waals surface area contributed by atoms with Crippen molar-refractivity contribution >= 4 is 5.97 Å². The maximum absolute atomic E-state index is 10.1. The summed E-state index contributed by atoms with van der Waals surface area (Å²) in [6.45, 7) is 0. The molecule has 115 valence electrons. The predicted octanol–water partition coefficient (Wildman–Crippen LogP) is 0.850. The molecule has 0 aromatic carbocycles. The van der Waals surface area contributed by atoms with Gasteiger partial charge < -0.3 is 10.1 Å². The molecule has 3 aromatic rings. The first-order valence-corrected chi connectivity index (χ1v) is 5.86. The van der Waals surface area contributed by atoms with Crippen LogP contribution in [0.15, 0.2) is 43.0 Å². The van der Waals surface area contributed by atoms with E-state index in [0.717, 1.165) is 0 Å². The zero-order valence-electron chi connectivity index (χ0n) is 11.4. The Kier molecular flexibility index (Phi) is 6.94. The summed E-state index contributed by atoms with van der Waals surface area (Å²) in [5.41, 5.74) is 1.38. The molecule has 0 amide bonds. The second-order valence-electron chi connectivity index (χ2n) is 3.76. The van der Waals surface area contributed by atoms with Crippen LogP contribution in [0.5, 0.6) is 0 Å². The second kappa shape index (κ2) is 8.70. The molecule has 1 N–H and O–H groups in total. The molecule has 0 spiro atoms. The smallest absolute Gasteiger partial charge is 0.354 e. The van der Waals surface area contributed by atoms with Gasteiger partial charge in [-0.05, 0) is 24.0 Å². The third kappa shape index (κ3) is 5.12. The van der Waals surface area contributed by atoms with Gasteiger partial charge in [0.25, 0.3) is 0 Å². The Morgan fingerprint density at radius 2 is 2.05 bits per heavy atom. The van der Waals surface area contributed by atoms with Crippen LogP contribution < -0.4 is 0 Å². The summed E-state index contributed by atoms with van der Waals surface area (Å²) in [5.74, 6) is -0.990. The standard InChI is InChI=1S/C7H6N5.C6H5NO2.Ir/c1-12-10-5-7(11-12)6-4-8-2-3-9-6;8-6(9)5-3-1-2-4-7-5;/h2-3,5H,1H3;1-4H,(H,8,9);/q-1;;. The number of aryl methyl sites for hydroxylation is 1. The third-order valence-electron chi connectivity index (χ3n) is 2.24. The number of carbonyl (C=O) groups is 1. The molecule has 0 fully saturated rings. The molecule has 0 bridgehead atoms. The van der Waals surface area contributed by atoms with Crippen molar-refractivity contribution in [1.29, 1.82) is 0 Å². The molecule has 0 saturated carbocycles. The molecule has 8 nitrogen and oxygen atoms in total. The maximum Gasteiger partial charge on any atom is 0.354 e. The fourth-order valence-corrected chi connectivity index (χ4v) is 1.34. The van der Waals surface area contributed by atoms with E-state index in [9.17, 15) is 4.79 Å². The summed E-state index contributed by atoms with van der Waals surface area (Å²) >= 11 is 0. The van der Waals surface area contributed by atoms with Crippen LogP contribution in [0.3, 0.4) is 0 Å². The van der Waals surface area contributed by atoms with Gasteiger partial charge in [-0.1, -0.05) is 18.5 Å². The van der Waals surface area contributed by atoms with Crippen LogP contribution in [0.4, 0.5) is 0 Å². The van der Waals surface area contributed by atoms with Gasteiger partial charge in [0.05, 0.1) is 0 Å². The Bertz CT molecular complexity index is 705.